The first-order valence-corrected chi connectivity index (χ1v) is 6.47. The van der Waals surface area contributed by atoms with E-state index in [1.54, 1.807) is 6.26 Å². The molecule has 104 valence electrons. The van der Waals surface area contributed by atoms with Gasteiger partial charge in [-0.15, -0.1) is 0 Å². The largest absolute Gasteiger partial charge is 0.482 e. The van der Waals surface area contributed by atoms with Gasteiger partial charge < -0.3 is 19.8 Å². The van der Waals surface area contributed by atoms with E-state index in [1.165, 1.54) is 0 Å². The van der Waals surface area contributed by atoms with Crippen molar-refractivity contribution in [1.82, 2.24) is 5.32 Å². The Morgan fingerprint density at radius 1 is 1.35 bits per heavy atom. The number of hydrogen-bond donors (Lipinski definition) is 2. The highest BCUT2D eigenvalue weighted by molar-refractivity contribution is 5.95. The summed E-state index contributed by atoms with van der Waals surface area (Å²) in [6, 6.07) is 7.62. The van der Waals surface area contributed by atoms with Gasteiger partial charge in [0.1, 0.15) is 11.5 Å². The summed E-state index contributed by atoms with van der Waals surface area (Å²) in [4.78, 5) is 11.4. The standard InChI is InChI=1S/C15H16N2O3/c1-9-5-6-19-15(9)14(16-2)10-3-4-12-11(7-10)17-13(18)8-20-12/h3-7,14,16H,8H2,1-2H3,(H,17,18). The van der Waals surface area contributed by atoms with Gasteiger partial charge in [-0.05, 0) is 43.3 Å². The summed E-state index contributed by atoms with van der Waals surface area (Å²) in [5.74, 6) is 1.43. The lowest BCUT2D eigenvalue weighted by molar-refractivity contribution is -0.118. The highest BCUT2D eigenvalue weighted by Gasteiger charge is 2.21. The van der Waals surface area contributed by atoms with Crippen molar-refractivity contribution in [3.8, 4) is 5.75 Å². The van der Waals surface area contributed by atoms with Crippen molar-refractivity contribution in [3.63, 3.8) is 0 Å². The van der Waals surface area contributed by atoms with Crippen LogP contribution in [0.1, 0.15) is 22.9 Å². The fraction of sp³-hybridized carbons (Fsp3) is 0.267. The van der Waals surface area contributed by atoms with Gasteiger partial charge in [-0.3, -0.25) is 4.79 Å². The predicted octanol–water partition coefficient (Wildman–Crippen LogP) is 2.23. The number of amides is 1. The number of ether oxygens (including phenoxy) is 1. The van der Waals surface area contributed by atoms with Crippen LogP contribution in [0.2, 0.25) is 0 Å². The topological polar surface area (TPSA) is 63.5 Å². The first-order valence-electron chi connectivity index (χ1n) is 6.47. The van der Waals surface area contributed by atoms with Crippen LogP contribution in [-0.4, -0.2) is 19.6 Å². The van der Waals surface area contributed by atoms with Crippen molar-refractivity contribution in [1.29, 1.82) is 0 Å². The summed E-state index contributed by atoms with van der Waals surface area (Å²) in [5, 5.41) is 6.05. The molecule has 0 radical (unpaired) electrons. The molecule has 1 aromatic heterocycles. The van der Waals surface area contributed by atoms with Gasteiger partial charge in [-0.2, -0.15) is 0 Å². The molecule has 1 aromatic carbocycles. The Hall–Kier alpha value is -2.27. The van der Waals surface area contributed by atoms with E-state index in [-0.39, 0.29) is 18.6 Å². The molecule has 1 aliphatic rings. The van der Waals surface area contributed by atoms with Gasteiger partial charge in [0.25, 0.3) is 5.91 Å². The molecule has 20 heavy (non-hydrogen) atoms. The molecule has 0 fully saturated rings. The Bertz CT molecular complexity index is 648. The summed E-state index contributed by atoms with van der Waals surface area (Å²) < 4.78 is 10.9. The molecule has 2 N–H and O–H groups in total. The van der Waals surface area contributed by atoms with Crippen LogP contribution in [0.3, 0.4) is 0 Å². The third kappa shape index (κ3) is 2.16. The zero-order chi connectivity index (χ0) is 14.1. The molecule has 1 aliphatic heterocycles. The van der Waals surface area contributed by atoms with Gasteiger partial charge in [-0.25, -0.2) is 0 Å². The van der Waals surface area contributed by atoms with Crippen LogP contribution >= 0.6 is 0 Å². The quantitative estimate of drug-likeness (QED) is 0.899. The molecular weight excluding hydrogens is 256 g/mol. The van der Waals surface area contributed by atoms with Crippen molar-refractivity contribution in [2.45, 2.75) is 13.0 Å². The monoisotopic (exact) mass is 272 g/mol. The molecule has 3 rings (SSSR count). The first-order chi connectivity index (χ1) is 9.69. The van der Waals surface area contributed by atoms with Crippen molar-refractivity contribution in [2.24, 2.45) is 0 Å². The lowest BCUT2D eigenvalue weighted by Gasteiger charge is -2.21. The molecular formula is C15H16N2O3. The Balaban J connectivity index is 1.99. The fourth-order valence-corrected chi connectivity index (χ4v) is 2.41. The molecule has 1 unspecified atom stereocenters. The van der Waals surface area contributed by atoms with Crippen LogP contribution in [0, 0.1) is 6.92 Å². The maximum atomic E-state index is 11.4. The normalized spacial score (nSPS) is 15.2. The number of aryl methyl sites for hydroxylation is 1. The van der Waals surface area contributed by atoms with E-state index in [4.69, 9.17) is 9.15 Å². The summed E-state index contributed by atoms with van der Waals surface area (Å²) >= 11 is 0. The van der Waals surface area contributed by atoms with Gasteiger partial charge in [0.05, 0.1) is 18.0 Å². The zero-order valence-electron chi connectivity index (χ0n) is 11.4. The minimum absolute atomic E-state index is 0.0610. The highest BCUT2D eigenvalue weighted by atomic mass is 16.5. The van der Waals surface area contributed by atoms with Crippen LogP contribution in [0.25, 0.3) is 0 Å². The molecule has 1 amide bonds. The zero-order valence-corrected chi connectivity index (χ0v) is 11.4. The molecule has 2 aromatic rings. The maximum Gasteiger partial charge on any atom is 0.262 e. The van der Waals surface area contributed by atoms with E-state index in [1.807, 2.05) is 38.2 Å². The van der Waals surface area contributed by atoms with Gasteiger partial charge in [-0.1, -0.05) is 6.07 Å². The van der Waals surface area contributed by atoms with Crippen LogP contribution in [0.4, 0.5) is 5.69 Å². The second-order valence-corrected chi connectivity index (χ2v) is 4.78. The van der Waals surface area contributed by atoms with Gasteiger partial charge in [0.2, 0.25) is 0 Å². The van der Waals surface area contributed by atoms with Crippen LogP contribution in [-0.2, 0) is 4.79 Å². The average molecular weight is 272 g/mol. The number of carbonyl (C=O) groups excluding carboxylic acids is 1. The second kappa shape index (κ2) is 5.02. The summed E-state index contributed by atoms with van der Waals surface area (Å²) in [6.07, 6.45) is 1.68. The predicted molar refractivity (Wildman–Crippen MR) is 74.9 cm³/mol. The van der Waals surface area contributed by atoms with Crippen molar-refractivity contribution in [3.05, 3.63) is 47.4 Å². The van der Waals surface area contributed by atoms with Crippen LogP contribution < -0.4 is 15.4 Å². The van der Waals surface area contributed by atoms with Crippen molar-refractivity contribution >= 4 is 11.6 Å². The first kappa shape index (κ1) is 12.7. The van der Waals surface area contributed by atoms with E-state index < -0.39 is 0 Å². The number of furan rings is 1. The molecule has 5 heteroatoms. The van der Waals surface area contributed by atoms with E-state index in [0.717, 1.165) is 16.9 Å². The van der Waals surface area contributed by atoms with Gasteiger partial charge >= 0.3 is 0 Å². The Morgan fingerprint density at radius 3 is 2.90 bits per heavy atom. The number of carbonyl (C=O) groups is 1. The van der Waals surface area contributed by atoms with Gasteiger partial charge in [0, 0.05) is 0 Å². The summed E-state index contributed by atoms with van der Waals surface area (Å²) in [6.45, 7) is 2.07. The second-order valence-electron chi connectivity index (χ2n) is 4.78. The molecule has 1 atom stereocenters. The van der Waals surface area contributed by atoms with Crippen molar-refractivity contribution < 1.29 is 13.9 Å². The Kier molecular flexibility index (Phi) is 3.20. The number of anilines is 1. The van der Waals surface area contributed by atoms with E-state index in [0.29, 0.717) is 11.4 Å². The van der Waals surface area contributed by atoms with Crippen LogP contribution in [0.5, 0.6) is 5.75 Å². The van der Waals surface area contributed by atoms with Crippen molar-refractivity contribution in [2.75, 3.05) is 19.0 Å². The number of fused-ring (bicyclic) bond motifs is 1. The number of benzene rings is 1. The lowest BCUT2D eigenvalue weighted by Crippen LogP contribution is -2.26. The molecule has 2 heterocycles. The molecule has 0 saturated heterocycles. The minimum Gasteiger partial charge on any atom is -0.482 e. The smallest absolute Gasteiger partial charge is 0.262 e. The third-order valence-corrected chi connectivity index (χ3v) is 3.42. The fourth-order valence-electron chi connectivity index (χ4n) is 2.41. The number of hydrogen-bond acceptors (Lipinski definition) is 4. The molecule has 0 saturated carbocycles. The molecule has 0 bridgehead atoms. The lowest BCUT2D eigenvalue weighted by atomic mass is 10.0. The number of nitrogens with one attached hydrogen (secondary N) is 2. The summed E-state index contributed by atoms with van der Waals surface area (Å²) in [5.41, 5.74) is 2.79. The number of rotatable bonds is 3. The molecule has 0 spiro atoms. The van der Waals surface area contributed by atoms with Gasteiger partial charge in [0.15, 0.2) is 6.61 Å². The van der Waals surface area contributed by atoms with E-state index in [9.17, 15) is 4.79 Å². The third-order valence-electron chi connectivity index (χ3n) is 3.42. The Labute approximate surface area is 116 Å². The van der Waals surface area contributed by atoms with E-state index >= 15 is 0 Å². The SMILES string of the molecule is CNC(c1ccc2c(c1)NC(=O)CO2)c1occc1C. The van der Waals surface area contributed by atoms with E-state index in [2.05, 4.69) is 10.6 Å². The average Bonchev–Trinajstić information content (AvgIpc) is 2.86. The maximum absolute atomic E-state index is 11.4. The Morgan fingerprint density at radius 2 is 2.20 bits per heavy atom. The van der Waals surface area contributed by atoms with Crippen LogP contribution in [0.15, 0.2) is 34.9 Å². The summed E-state index contributed by atoms with van der Waals surface area (Å²) in [7, 11) is 1.88. The minimum atomic E-state index is -0.134. The molecule has 0 aliphatic carbocycles. The molecule has 5 nitrogen and oxygen atoms in total. The highest BCUT2D eigenvalue weighted by Crippen LogP contribution is 2.33.